The molecule has 1 amide bonds. The minimum Gasteiger partial charge on any atom is -0.378 e. The highest BCUT2D eigenvalue weighted by Crippen LogP contribution is 2.25. The SMILES string of the molecule is C[C@H]1CN2C[C@H](Nc3cncc(C(=O)N4CCOCC4)n3)C[C@H]2CO1. The summed E-state index contributed by atoms with van der Waals surface area (Å²) < 4.78 is 11.0. The summed E-state index contributed by atoms with van der Waals surface area (Å²) in [6.07, 6.45) is 4.54. The fourth-order valence-corrected chi connectivity index (χ4v) is 3.82. The van der Waals surface area contributed by atoms with Gasteiger partial charge in [-0.05, 0) is 13.3 Å². The van der Waals surface area contributed by atoms with Crippen LogP contribution in [0.1, 0.15) is 23.8 Å². The molecule has 4 heterocycles. The van der Waals surface area contributed by atoms with Gasteiger partial charge < -0.3 is 19.7 Å². The summed E-state index contributed by atoms with van der Waals surface area (Å²) in [6, 6.07) is 0.779. The zero-order valence-electron chi connectivity index (χ0n) is 14.6. The zero-order chi connectivity index (χ0) is 17.2. The van der Waals surface area contributed by atoms with Crippen molar-refractivity contribution in [2.24, 2.45) is 0 Å². The minimum absolute atomic E-state index is 0.0782. The van der Waals surface area contributed by atoms with Crippen molar-refractivity contribution in [3.8, 4) is 0 Å². The standard InChI is InChI=1S/C17H25N5O3/c1-12-9-22-10-13(6-14(22)11-25-12)19-16-8-18-7-15(20-16)17(23)21-2-4-24-5-3-21/h7-8,12-14H,2-6,9-11H2,1H3,(H,19,20)/t12-,13+,14-/m0/s1. The van der Waals surface area contributed by atoms with Crippen LogP contribution in [0.15, 0.2) is 12.4 Å². The number of ether oxygens (including phenoxy) is 2. The summed E-state index contributed by atoms with van der Waals surface area (Å²) in [5.41, 5.74) is 0.388. The highest BCUT2D eigenvalue weighted by atomic mass is 16.5. The molecule has 0 saturated carbocycles. The van der Waals surface area contributed by atoms with Crippen molar-refractivity contribution in [3.05, 3.63) is 18.1 Å². The number of morpholine rings is 2. The van der Waals surface area contributed by atoms with Crippen LogP contribution in [0, 0.1) is 0 Å². The third-order valence-corrected chi connectivity index (χ3v) is 5.10. The molecule has 1 N–H and O–H groups in total. The van der Waals surface area contributed by atoms with Gasteiger partial charge in [0, 0.05) is 38.3 Å². The van der Waals surface area contributed by atoms with Crippen LogP contribution in [0.5, 0.6) is 0 Å². The van der Waals surface area contributed by atoms with Gasteiger partial charge >= 0.3 is 0 Å². The Bertz CT molecular complexity index is 622. The summed E-state index contributed by atoms with van der Waals surface area (Å²) >= 11 is 0. The number of anilines is 1. The molecule has 3 aliphatic rings. The maximum atomic E-state index is 12.5. The Kier molecular flexibility index (Phi) is 4.82. The molecule has 3 saturated heterocycles. The number of nitrogens with one attached hydrogen (secondary N) is 1. The Morgan fingerprint density at radius 1 is 1.28 bits per heavy atom. The quantitative estimate of drug-likeness (QED) is 0.838. The van der Waals surface area contributed by atoms with E-state index in [1.165, 1.54) is 6.20 Å². The topological polar surface area (TPSA) is 79.8 Å². The van der Waals surface area contributed by atoms with Crippen LogP contribution >= 0.6 is 0 Å². The molecule has 8 nitrogen and oxygen atoms in total. The van der Waals surface area contributed by atoms with Crippen molar-refractivity contribution in [2.75, 3.05) is 51.3 Å². The zero-order valence-corrected chi connectivity index (χ0v) is 14.6. The number of hydrogen-bond acceptors (Lipinski definition) is 7. The van der Waals surface area contributed by atoms with Gasteiger partial charge in [0.1, 0.15) is 11.5 Å². The van der Waals surface area contributed by atoms with E-state index < -0.39 is 0 Å². The number of fused-ring (bicyclic) bond motifs is 1. The van der Waals surface area contributed by atoms with Gasteiger partial charge in [0.15, 0.2) is 0 Å². The fourth-order valence-electron chi connectivity index (χ4n) is 3.82. The van der Waals surface area contributed by atoms with E-state index in [0.717, 1.165) is 26.1 Å². The van der Waals surface area contributed by atoms with Crippen molar-refractivity contribution in [3.63, 3.8) is 0 Å². The maximum absolute atomic E-state index is 12.5. The summed E-state index contributed by atoms with van der Waals surface area (Å²) in [7, 11) is 0. The first-order valence-corrected chi connectivity index (χ1v) is 9.00. The fraction of sp³-hybridized carbons (Fsp3) is 0.706. The number of nitrogens with zero attached hydrogens (tertiary/aromatic N) is 4. The molecule has 1 aromatic heterocycles. The van der Waals surface area contributed by atoms with Crippen molar-refractivity contribution < 1.29 is 14.3 Å². The monoisotopic (exact) mass is 347 g/mol. The van der Waals surface area contributed by atoms with E-state index in [-0.39, 0.29) is 5.91 Å². The van der Waals surface area contributed by atoms with Gasteiger partial charge in [-0.1, -0.05) is 0 Å². The second-order valence-electron chi connectivity index (χ2n) is 7.02. The predicted octanol–water partition coefficient (Wildman–Crippen LogP) is 0.223. The lowest BCUT2D eigenvalue weighted by Crippen LogP contribution is -2.45. The molecule has 0 unspecified atom stereocenters. The van der Waals surface area contributed by atoms with Crippen molar-refractivity contribution in [2.45, 2.75) is 31.5 Å². The van der Waals surface area contributed by atoms with E-state index in [4.69, 9.17) is 9.47 Å². The van der Waals surface area contributed by atoms with Gasteiger partial charge in [0.05, 0.1) is 38.3 Å². The van der Waals surface area contributed by atoms with Crippen molar-refractivity contribution >= 4 is 11.7 Å². The number of carbonyl (C=O) groups is 1. The number of carbonyl (C=O) groups excluding carboxylic acids is 1. The molecule has 8 heteroatoms. The number of hydrogen-bond donors (Lipinski definition) is 1. The third kappa shape index (κ3) is 3.75. The lowest BCUT2D eigenvalue weighted by atomic mass is 10.1. The van der Waals surface area contributed by atoms with Crippen LogP contribution in [0.4, 0.5) is 5.82 Å². The largest absolute Gasteiger partial charge is 0.378 e. The molecule has 1 aromatic rings. The highest BCUT2D eigenvalue weighted by Gasteiger charge is 2.36. The molecule has 0 bridgehead atoms. The average molecular weight is 347 g/mol. The molecule has 0 radical (unpaired) electrons. The molecule has 0 aliphatic carbocycles. The van der Waals surface area contributed by atoms with Crippen LogP contribution in [0.25, 0.3) is 0 Å². The molecule has 0 aromatic carbocycles. The third-order valence-electron chi connectivity index (χ3n) is 5.10. The second-order valence-corrected chi connectivity index (χ2v) is 7.02. The minimum atomic E-state index is -0.0782. The Morgan fingerprint density at radius 2 is 2.12 bits per heavy atom. The molecule has 4 rings (SSSR count). The van der Waals surface area contributed by atoms with Gasteiger partial charge in [-0.25, -0.2) is 4.98 Å². The molecule has 136 valence electrons. The van der Waals surface area contributed by atoms with Gasteiger partial charge in [0.25, 0.3) is 5.91 Å². The van der Waals surface area contributed by atoms with Crippen molar-refractivity contribution in [1.29, 1.82) is 0 Å². The molecule has 25 heavy (non-hydrogen) atoms. The second kappa shape index (κ2) is 7.23. The Morgan fingerprint density at radius 3 is 2.96 bits per heavy atom. The maximum Gasteiger partial charge on any atom is 0.274 e. The first kappa shape index (κ1) is 16.7. The van der Waals surface area contributed by atoms with E-state index in [1.807, 2.05) is 0 Å². The van der Waals surface area contributed by atoms with Gasteiger partial charge in [-0.15, -0.1) is 0 Å². The lowest BCUT2D eigenvalue weighted by molar-refractivity contribution is -0.0390. The Hall–Kier alpha value is -1.77. The average Bonchev–Trinajstić information content (AvgIpc) is 3.03. The summed E-state index contributed by atoms with van der Waals surface area (Å²) in [4.78, 5) is 25.5. The van der Waals surface area contributed by atoms with Gasteiger partial charge in [-0.3, -0.25) is 14.7 Å². The van der Waals surface area contributed by atoms with E-state index >= 15 is 0 Å². The van der Waals surface area contributed by atoms with Gasteiger partial charge in [0.2, 0.25) is 0 Å². The number of rotatable bonds is 3. The van der Waals surface area contributed by atoms with Crippen LogP contribution in [-0.4, -0.2) is 89.9 Å². The summed E-state index contributed by atoms with van der Waals surface area (Å²) in [6.45, 7) is 7.23. The number of amides is 1. The number of aromatic nitrogens is 2. The van der Waals surface area contributed by atoms with Crippen LogP contribution in [0.3, 0.4) is 0 Å². The smallest absolute Gasteiger partial charge is 0.274 e. The molecule has 3 fully saturated rings. The van der Waals surface area contributed by atoms with Gasteiger partial charge in [-0.2, -0.15) is 0 Å². The molecule has 3 aliphatic heterocycles. The first-order chi connectivity index (χ1) is 12.2. The normalized spacial score (nSPS) is 30.1. The molecular weight excluding hydrogens is 322 g/mol. The van der Waals surface area contributed by atoms with Crippen LogP contribution in [-0.2, 0) is 9.47 Å². The summed E-state index contributed by atoms with van der Waals surface area (Å²) in [5, 5.41) is 3.44. The van der Waals surface area contributed by atoms with Crippen LogP contribution in [0.2, 0.25) is 0 Å². The van der Waals surface area contributed by atoms with E-state index in [2.05, 4.69) is 27.1 Å². The van der Waals surface area contributed by atoms with E-state index in [9.17, 15) is 4.79 Å². The predicted molar refractivity (Wildman–Crippen MR) is 91.6 cm³/mol. The Labute approximate surface area is 147 Å². The molecule has 3 atom stereocenters. The van der Waals surface area contributed by atoms with E-state index in [1.54, 1.807) is 11.1 Å². The van der Waals surface area contributed by atoms with E-state index in [0.29, 0.717) is 56.0 Å². The van der Waals surface area contributed by atoms with Crippen molar-refractivity contribution in [1.82, 2.24) is 19.8 Å². The lowest BCUT2D eigenvalue weighted by Gasteiger charge is -2.33. The molecule has 0 spiro atoms. The molecular formula is C17H25N5O3. The summed E-state index contributed by atoms with van der Waals surface area (Å²) in [5.74, 6) is 0.587. The Balaban J connectivity index is 1.39. The first-order valence-electron chi connectivity index (χ1n) is 9.00. The van der Waals surface area contributed by atoms with Crippen LogP contribution < -0.4 is 5.32 Å². The highest BCUT2D eigenvalue weighted by molar-refractivity contribution is 5.92.